The molecule has 0 fully saturated rings. The summed E-state index contributed by atoms with van der Waals surface area (Å²) in [6.07, 6.45) is 2.39. The van der Waals surface area contributed by atoms with Gasteiger partial charge in [-0.1, -0.05) is 39.0 Å². The summed E-state index contributed by atoms with van der Waals surface area (Å²) < 4.78 is -0.195. The molecule has 0 aliphatic rings. The predicted molar refractivity (Wildman–Crippen MR) is 79.7 cm³/mol. The Kier molecular flexibility index (Phi) is 5.21. The summed E-state index contributed by atoms with van der Waals surface area (Å²) in [5.41, 5.74) is -0.0227. The molecule has 0 aliphatic heterocycles. The Bertz CT molecular complexity index is 475. The van der Waals surface area contributed by atoms with Crippen LogP contribution in [0.15, 0.2) is 16.0 Å². The second-order valence-electron chi connectivity index (χ2n) is 6.14. The van der Waals surface area contributed by atoms with Crippen LogP contribution >= 0.6 is 11.8 Å². The number of aliphatic hydroxyl groups is 1. The van der Waals surface area contributed by atoms with Crippen molar-refractivity contribution in [3.63, 3.8) is 0 Å². The fourth-order valence-corrected chi connectivity index (χ4v) is 3.52. The Morgan fingerprint density at radius 1 is 1.37 bits per heavy atom. The van der Waals surface area contributed by atoms with Gasteiger partial charge < -0.3 is 10.1 Å². The third-order valence-electron chi connectivity index (χ3n) is 2.51. The van der Waals surface area contributed by atoms with Crippen LogP contribution in [0.4, 0.5) is 0 Å². The molecule has 0 radical (unpaired) electrons. The first-order valence-electron chi connectivity index (χ1n) is 6.63. The van der Waals surface area contributed by atoms with E-state index in [1.807, 2.05) is 13.8 Å². The summed E-state index contributed by atoms with van der Waals surface area (Å²) in [6.45, 7) is 9.73. The molecule has 1 aromatic rings. The lowest BCUT2D eigenvalue weighted by molar-refractivity contribution is 0.0629. The van der Waals surface area contributed by atoms with Gasteiger partial charge in [-0.15, -0.1) is 0 Å². The van der Waals surface area contributed by atoms with Crippen LogP contribution in [0.2, 0.25) is 0 Å². The minimum absolute atomic E-state index is 0.111. The fourth-order valence-electron chi connectivity index (χ4n) is 2.26. The number of thioether (sulfide) groups is 1. The number of nitrogens with zero attached hydrogens (tertiary/aromatic N) is 1. The van der Waals surface area contributed by atoms with Crippen molar-refractivity contribution in [1.82, 2.24) is 9.97 Å². The van der Waals surface area contributed by atoms with E-state index in [4.69, 9.17) is 0 Å². The quantitative estimate of drug-likeness (QED) is 0.622. The lowest BCUT2D eigenvalue weighted by Crippen LogP contribution is -2.30. The van der Waals surface area contributed by atoms with Gasteiger partial charge in [-0.3, -0.25) is 4.79 Å². The number of nitrogens with one attached hydrogen (secondary N) is 1. The first-order chi connectivity index (χ1) is 8.61. The molecule has 19 heavy (non-hydrogen) atoms. The molecule has 0 aromatic carbocycles. The van der Waals surface area contributed by atoms with E-state index in [2.05, 4.69) is 16.9 Å². The minimum Gasteiger partial charge on any atom is -0.390 e. The second kappa shape index (κ2) is 6.09. The van der Waals surface area contributed by atoms with Crippen LogP contribution in [-0.4, -0.2) is 25.4 Å². The monoisotopic (exact) mass is 284 g/mol. The van der Waals surface area contributed by atoms with E-state index < -0.39 is 5.60 Å². The maximum atomic E-state index is 11.6. The van der Waals surface area contributed by atoms with E-state index in [0.717, 1.165) is 18.5 Å². The Balaban J connectivity index is 2.89. The Labute approximate surface area is 119 Å². The first kappa shape index (κ1) is 16.2. The van der Waals surface area contributed by atoms with Crippen molar-refractivity contribution in [2.45, 2.75) is 69.4 Å². The number of rotatable bonds is 6. The van der Waals surface area contributed by atoms with Gasteiger partial charge in [0.1, 0.15) is 0 Å². The van der Waals surface area contributed by atoms with E-state index in [0.29, 0.717) is 11.6 Å². The molecule has 1 heterocycles. The van der Waals surface area contributed by atoms with Crippen LogP contribution in [0.25, 0.3) is 0 Å². The fraction of sp³-hybridized carbons (Fsp3) is 0.714. The molecular formula is C14H24N2O2S. The average molecular weight is 284 g/mol. The highest BCUT2D eigenvalue weighted by Gasteiger charge is 2.28. The van der Waals surface area contributed by atoms with Crippen molar-refractivity contribution < 1.29 is 5.11 Å². The molecule has 5 heteroatoms. The molecule has 108 valence electrons. The predicted octanol–water partition coefficient (Wildman–Crippen LogP) is 2.75. The van der Waals surface area contributed by atoms with Crippen LogP contribution in [0, 0.1) is 0 Å². The standard InChI is InChI=1S/C14H24N2O2S/c1-6-7-10-8-11(17)16-12(15-10)19-14(4,5)9-13(2,3)18/h8,18H,6-7,9H2,1-5H3,(H,15,16,17). The number of aromatic nitrogens is 2. The summed E-state index contributed by atoms with van der Waals surface area (Å²) in [6, 6.07) is 1.55. The summed E-state index contributed by atoms with van der Waals surface area (Å²) in [4.78, 5) is 18.8. The molecule has 0 aliphatic carbocycles. The van der Waals surface area contributed by atoms with Crippen LogP contribution in [0.1, 0.15) is 53.2 Å². The Morgan fingerprint density at radius 2 is 2.00 bits per heavy atom. The maximum absolute atomic E-state index is 11.6. The molecule has 0 amide bonds. The van der Waals surface area contributed by atoms with Gasteiger partial charge in [0.25, 0.3) is 5.56 Å². The van der Waals surface area contributed by atoms with Gasteiger partial charge in [0.05, 0.1) is 5.60 Å². The van der Waals surface area contributed by atoms with Crippen LogP contribution in [-0.2, 0) is 6.42 Å². The summed E-state index contributed by atoms with van der Waals surface area (Å²) in [5, 5.41) is 10.5. The van der Waals surface area contributed by atoms with Gasteiger partial charge in [0, 0.05) is 16.5 Å². The smallest absolute Gasteiger partial charge is 0.251 e. The Hall–Kier alpha value is -0.810. The summed E-state index contributed by atoms with van der Waals surface area (Å²) >= 11 is 1.50. The highest BCUT2D eigenvalue weighted by molar-refractivity contribution is 8.00. The molecule has 0 unspecified atom stereocenters. The lowest BCUT2D eigenvalue weighted by Gasteiger charge is -2.30. The normalized spacial score (nSPS) is 12.7. The molecule has 0 saturated heterocycles. The van der Waals surface area contributed by atoms with Gasteiger partial charge in [0.15, 0.2) is 5.16 Å². The van der Waals surface area contributed by atoms with Crippen molar-refractivity contribution in [2.75, 3.05) is 0 Å². The number of hydrogen-bond donors (Lipinski definition) is 2. The number of aryl methyl sites for hydroxylation is 1. The maximum Gasteiger partial charge on any atom is 0.251 e. The minimum atomic E-state index is -0.738. The van der Waals surface area contributed by atoms with Crippen molar-refractivity contribution in [3.8, 4) is 0 Å². The molecule has 0 bridgehead atoms. The highest BCUT2D eigenvalue weighted by atomic mass is 32.2. The van der Waals surface area contributed by atoms with E-state index in [1.165, 1.54) is 11.8 Å². The van der Waals surface area contributed by atoms with Crippen molar-refractivity contribution in [2.24, 2.45) is 0 Å². The molecule has 0 spiro atoms. The summed E-state index contributed by atoms with van der Waals surface area (Å²) in [7, 11) is 0. The third kappa shape index (κ3) is 6.25. The number of aromatic amines is 1. The second-order valence-corrected chi connectivity index (χ2v) is 7.84. The number of H-pyrrole nitrogens is 1. The first-order valence-corrected chi connectivity index (χ1v) is 7.44. The van der Waals surface area contributed by atoms with Crippen LogP contribution in [0.3, 0.4) is 0 Å². The van der Waals surface area contributed by atoms with Gasteiger partial charge >= 0.3 is 0 Å². The third-order valence-corrected chi connectivity index (χ3v) is 3.59. The summed E-state index contributed by atoms with van der Waals surface area (Å²) in [5.74, 6) is 0. The van der Waals surface area contributed by atoms with E-state index >= 15 is 0 Å². The lowest BCUT2D eigenvalue weighted by atomic mass is 9.96. The molecule has 4 nitrogen and oxygen atoms in total. The Morgan fingerprint density at radius 3 is 2.53 bits per heavy atom. The zero-order chi connectivity index (χ0) is 14.7. The zero-order valence-corrected chi connectivity index (χ0v) is 13.2. The molecule has 1 aromatic heterocycles. The molecule has 2 N–H and O–H groups in total. The SMILES string of the molecule is CCCc1cc(=O)[nH]c(SC(C)(C)CC(C)(C)O)n1. The van der Waals surface area contributed by atoms with Gasteiger partial charge in [-0.2, -0.15) is 0 Å². The van der Waals surface area contributed by atoms with Crippen molar-refractivity contribution in [1.29, 1.82) is 0 Å². The van der Waals surface area contributed by atoms with Crippen LogP contribution < -0.4 is 5.56 Å². The average Bonchev–Trinajstić information content (AvgIpc) is 2.10. The largest absolute Gasteiger partial charge is 0.390 e. The number of hydrogen-bond acceptors (Lipinski definition) is 4. The van der Waals surface area contributed by atoms with Gasteiger partial charge in [0.2, 0.25) is 0 Å². The molecule has 0 saturated carbocycles. The highest BCUT2D eigenvalue weighted by Crippen LogP contribution is 2.36. The van der Waals surface area contributed by atoms with E-state index in [-0.39, 0.29) is 10.3 Å². The molecular weight excluding hydrogens is 260 g/mol. The zero-order valence-electron chi connectivity index (χ0n) is 12.4. The molecule has 0 atom stereocenters. The van der Waals surface area contributed by atoms with Crippen LogP contribution in [0.5, 0.6) is 0 Å². The van der Waals surface area contributed by atoms with Gasteiger partial charge in [-0.25, -0.2) is 4.98 Å². The topological polar surface area (TPSA) is 66.0 Å². The van der Waals surface area contributed by atoms with Crippen molar-refractivity contribution >= 4 is 11.8 Å². The van der Waals surface area contributed by atoms with E-state index in [1.54, 1.807) is 19.9 Å². The van der Waals surface area contributed by atoms with Gasteiger partial charge in [-0.05, 0) is 26.7 Å². The molecule has 1 rings (SSSR count). The van der Waals surface area contributed by atoms with E-state index in [9.17, 15) is 9.90 Å². The van der Waals surface area contributed by atoms with Crippen molar-refractivity contribution in [3.05, 3.63) is 22.1 Å².